The van der Waals surface area contributed by atoms with Crippen molar-refractivity contribution in [1.82, 2.24) is 4.72 Å². The van der Waals surface area contributed by atoms with Crippen LogP contribution in [0.25, 0.3) is 0 Å². The Hall–Kier alpha value is -2.54. The first-order chi connectivity index (χ1) is 12.2. The van der Waals surface area contributed by atoms with Crippen LogP contribution < -0.4 is 14.2 Å². The van der Waals surface area contributed by atoms with E-state index in [-0.39, 0.29) is 11.8 Å². The molecule has 140 valence electrons. The van der Waals surface area contributed by atoms with Gasteiger partial charge in [0.1, 0.15) is 5.75 Å². The molecule has 2 aromatic rings. The van der Waals surface area contributed by atoms with Gasteiger partial charge in [-0.1, -0.05) is 64.1 Å². The average Bonchev–Trinajstić information content (AvgIpc) is 2.54. The van der Waals surface area contributed by atoms with Crippen LogP contribution in [0.1, 0.15) is 50.7 Å². The van der Waals surface area contributed by atoms with Gasteiger partial charge in [-0.25, -0.2) is 9.52 Å². The number of benzene rings is 2. The van der Waals surface area contributed by atoms with Crippen molar-refractivity contribution in [3.8, 4) is 5.75 Å². The van der Waals surface area contributed by atoms with E-state index in [1.165, 1.54) is 0 Å². The van der Waals surface area contributed by atoms with E-state index in [9.17, 15) is 13.2 Å². The lowest BCUT2D eigenvalue weighted by Crippen LogP contribution is -2.37. The third-order valence-corrected chi connectivity index (χ3v) is 4.70. The first-order valence-corrected chi connectivity index (χ1v) is 9.88. The van der Waals surface area contributed by atoms with E-state index in [4.69, 9.17) is 4.74 Å². The summed E-state index contributed by atoms with van der Waals surface area (Å²) in [7, 11) is -4.09. The molecule has 0 heterocycles. The molecule has 7 heteroatoms. The van der Waals surface area contributed by atoms with Crippen molar-refractivity contribution in [3.05, 3.63) is 59.7 Å². The van der Waals surface area contributed by atoms with Crippen LogP contribution in [-0.4, -0.2) is 14.5 Å². The fraction of sp³-hybridized carbons (Fsp3) is 0.316. The minimum Gasteiger partial charge on any atom is -0.409 e. The fourth-order valence-corrected chi connectivity index (χ4v) is 3.27. The summed E-state index contributed by atoms with van der Waals surface area (Å²) in [6, 6.07) is 13.9. The molecule has 6 nitrogen and oxygen atoms in total. The van der Waals surface area contributed by atoms with E-state index in [1.807, 2.05) is 50.6 Å². The highest BCUT2D eigenvalue weighted by Gasteiger charge is 2.21. The summed E-state index contributed by atoms with van der Waals surface area (Å²) in [6.07, 6.45) is -1.05. The van der Waals surface area contributed by atoms with Gasteiger partial charge in [0, 0.05) is 0 Å². The molecule has 2 rings (SSSR count). The zero-order chi connectivity index (χ0) is 19.3. The van der Waals surface area contributed by atoms with Crippen molar-refractivity contribution in [1.29, 1.82) is 0 Å². The second-order valence-electron chi connectivity index (χ2n) is 6.54. The van der Waals surface area contributed by atoms with E-state index in [2.05, 4.69) is 4.72 Å². The highest BCUT2D eigenvalue weighted by Crippen LogP contribution is 2.34. The second kappa shape index (κ2) is 8.23. The first-order valence-electron chi connectivity index (χ1n) is 8.40. The molecule has 0 aromatic heterocycles. The van der Waals surface area contributed by atoms with Crippen molar-refractivity contribution in [2.24, 2.45) is 0 Å². The van der Waals surface area contributed by atoms with Crippen molar-refractivity contribution >= 4 is 22.0 Å². The number of hydrogen-bond acceptors (Lipinski definition) is 4. The highest BCUT2D eigenvalue weighted by atomic mass is 32.2. The van der Waals surface area contributed by atoms with E-state index >= 15 is 0 Å². The molecule has 0 aliphatic rings. The maximum atomic E-state index is 12.2. The molecule has 0 radical (unpaired) electrons. The van der Waals surface area contributed by atoms with Gasteiger partial charge < -0.3 is 4.74 Å². The van der Waals surface area contributed by atoms with Gasteiger partial charge in [-0.2, -0.15) is 8.42 Å². The molecule has 0 bridgehead atoms. The third-order valence-electron chi connectivity index (χ3n) is 3.76. The van der Waals surface area contributed by atoms with Crippen molar-refractivity contribution in [2.75, 3.05) is 4.72 Å². The summed E-state index contributed by atoms with van der Waals surface area (Å²) in [5.41, 5.74) is 2.04. The molecule has 0 aliphatic carbocycles. The van der Waals surface area contributed by atoms with Crippen LogP contribution >= 0.6 is 0 Å². The SMILES string of the molecule is CC(C)c1cccc(C(C)C)c1OC(=O)NS(=O)(=O)Nc1ccccc1. The Balaban J connectivity index is 2.19. The minimum absolute atomic E-state index is 0.121. The molecule has 2 N–H and O–H groups in total. The third kappa shape index (κ3) is 5.23. The zero-order valence-corrected chi connectivity index (χ0v) is 16.1. The number of para-hydroxylation sites is 2. The number of nitrogens with one attached hydrogen (secondary N) is 2. The van der Waals surface area contributed by atoms with Gasteiger partial charge in [0.05, 0.1) is 5.69 Å². The molecule has 0 saturated heterocycles. The normalized spacial score (nSPS) is 11.5. The predicted molar refractivity (Wildman–Crippen MR) is 103 cm³/mol. The van der Waals surface area contributed by atoms with E-state index in [0.717, 1.165) is 11.1 Å². The molecule has 26 heavy (non-hydrogen) atoms. The number of amides is 1. The van der Waals surface area contributed by atoms with Crippen LogP contribution in [0.4, 0.5) is 10.5 Å². The lowest BCUT2D eigenvalue weighted by Gasteiger charge is -2.19. The molecule has 1 amide bonds. The van der Waals surface area contributed by atoms with Crippen LogP contribution in [-0.2, 0) is 10.2 Å². The van der Waals surface area contributed by atoms with Crippen molar-refractivity contribution < 1.29 is 17.9 Å². The molecule has 0 aliphatic heterocycles. The lowest BCUT2D eigenvalue weighted by molar-refractivity contribution is 0.205. The Labute approximate surface area is 154 Å². The van der Waals surface area contributed by atoms with Gasteiger partial charge in [-0.15, -0.1) is 0 Å². The summed E-state index contributed by atoms with van der Waals surface area (Å²) in [4.78, 5) is 12.2. The number of ether oxygens (including phenoxy) is 1. The molecule has 0 spiro atoms. The van der Waals surface area contributed by atoms with Gasteiger partial charge in [0.15, 0.2) is 0 Å². The van der Waals surface area contributed by atoms with Crippen LogP contribution in [0.15, 0.2) is 48.5 Å². The van der Waals surface area contributed by atoms with Gasteiger partial charge in [0.2, 0.25) is 0 Å². The monoisotopic (exact) mass is 376 g/mol. The Morgan fingerprint density at radius 3 is 1.92 bits per heavy atom. The van der Waals surface area contributed by atoms with E-state index in [0.29, 0.717) is 11.4 Å². The molecule has 0 fully saturated rings. The molecule has 0 unspecified atom stereocenters. The van der Waals surface area contributed by atoms with E-state index < -0.39 is 16.3 Å². The number of carbonyl (C=O) groups excluding carboxylic acids is 1. The second-order valence-corrected chi connectivity index (χ2v) is 7.95. The van der Waals surface area contributed by atoms with Crippen LogP contribution in [0.3, 0.4) is 0 Å². The largest absolute Gasteiger partial charge is 0.427 e. The van der Waals surface area contributed by atoms with E-state index in [1.54, 1.807) is 30.3 Å². The van der Waals surface area contributed by atoms with Crippen molar-refractivity contribution in [2.45, 2.75) is 39.5 Å². The van der Waals surface area contributed by atoms with Gasteiger partial charge in [-0.05, 0) is 35.1 Å². The zero-order valence-electron chi connectivity index (χ0n) is 15.3. The summed E-state index contributed by atoms with van der Waals surface area (Å²) >= 11 is 0. The average molecular weight is 376 g/mol. The first kappa shape index (κ1) is 19.8. The lowest BCUT2D eigenvalue weighted by atomic mass is 9.94. The van der Waals surface area contributed by atoms with Gasteiger partial charge in [0.25, 0.3) is 0 Å². The predicted octanol–water partition coefficient (Wildman–Crippen LogP) is 4.38. The number of hydrogen-bond donors (Lipinski definition) is 2. The summed E-state index contributed by atoms with van der Waals surface area (Å²) in [5, 5.41) is 0. The number of anilines is 1. The molecular formula is C19H24N2O4S. The topological polar surface area (TPSA) is 84.5 Å². The Kier molecular flexibility index (Phi) is 6.26. The molecule has 0 atom stereocenters. The van der Waals surface area contributed by atoms with Crippen LogP contribution in [0.2, 0.25) is 0 Å². The number of rotatable bonds is 6. The van der Waals surface area contributed by atoms with Crippen molar-refractivity contribution in [3.63, 3.8) is 0 Å². The standard InChI is InChI=1S/C19H24N2O4S/c1-13(2)16-11-8-12-17(14(3)4)18(16)25-19(22)21-26(23,24)20-15-9-6-5-7-10-15/h5-14,20H,1-4H3,(H,21,22). The molecule has 2 aromatic carbocycles. The molecule has 0 saturated carbocycles. The van der Waals surface area contributed by atoms with Crippen LogP contribution in [0, 0.1) is 0 Å². The Morgan fingerprint density at radius 1 is 0.885 bits per heavy atom. The summed E-state index contributed by atoms with van der Waals surface area (Å²) < 4.78 is 33.8. The highest BCUT2D eigenvalue weighted by molar-refractivity contribution is 7.91. The Morgan fingerprint density at radius 2 is 1.42 bits per heavy atom. The summed E-state index contributed by atoms with van der Waals surface area (Å²) in [6.45, 7) is 7.94. The summed E-state index contributed by atoms with van der Waals surface area (Å²) in [5.74, 6) is 0.649. The minimum atomic E-state index is -4.09. The van der Waals surface area contributed by atoms with Crippen LogP contribution in [0.5, 0.6) is 5.75 Å². The van der Waals surface area contributed by atoms with Gasteiger partial charge in [-0.3, -0.25) is 4.72 Å². The molecular weight excluding hydrogens is 352 g/mol. The quantitative estimate of drug-likeness (QED) is 0.783. The Bertz CT molecular complexity index is 836. The fourth-order valence-electron chi connectivity index (χ4n) is 2.51. The smallest absolute Gasteiger partial charge is 0.409 e. The maximum Gasteiger partial charge on any atom is 0.427 e. The number of carbonyl (C=O) groups is 1. The van der Waals surface area contributed by atoms with Gasteiger partial charge >= 0.3 is 16.3 Å². The maximum absolute atomic E-state index is 12.2.